The first-order valence-electron chi connectivity index (χ1n) is 4.48. The normalized spacial score (nSPS) is 8.67. The number of aliphatic hydroxyl groups is 1. The van der Waals surface area contributed by atoms with E-state index in [1.54, 1.807) is 0 Å². The van der Waals surface area contributed by atoms with E-state index in [-0.39, 0.29) is 13.2 Å². The van der Waals surface area contributed by atoms with E-state index < -0.39 is 0 Å². The van der Waals surface area contributed by atoms with Gasteiger partial charge < -0.3 is 5.11 Å². The molecule has 76 valence electrons. The lowest BCUT2D eigenvalue weighted by molar-refractivity contribution is 0.281. The number of aliphatic hydroxyl groups excluding tert-OH is 1. The van der Waals surface area contributed by atoms with E-state index in [1.807, 2.05) is 25.1 Å². The zero-order chi connectivity index (χ0) is 11.1. The third-order valence-electron chi connectivity index (χ3n) is 2.05. The van der Waals surface area contributed by atoms with Crippen LogP contribution >= 0.6 is 0 Å². The zero-order valence-electron chi connectivity index (χ0n) is 8.44. The summed E-state index contributed by atoms with van der Waals surface area (Å²) in [4.78, 5) is 2.61. The summed E-state index contributed by atoms with van der Waals surface area (Å²) in [5.41, 5.74) is 10.7. The Morgan fingerprint density at radius 2 is 2.33 bits per heavy atom. The predicted molar refractivity (Wildman–Crippen MR) is 58.0 cm³/mol. The van der Waals surface area contributed by atoms with Gasteiger partial charge in [-0.15, -0.1) is 0 Å². The Bertz CT molecular complexity index is 451. The highest BCUT2D eigenvalue weighted by Crippen LogP contribution is 2.12. The molecule has 0 amide bonds. The van der Waals surface area contributed by atoms with Crippen molar-refractivity contribution >= 4 is 0 Å². The van der Waals surface area contributed by atoms with Gasteiger partial charge in [0, 0.05) is 10.5 Å². The topological polar surface area (TPSA) is 69.0 Å². The van der Waals surface area contributed by atoms with E-state index in [4.69, 9.17) is 10.6 Å². The number of nitrogens with zero attached hydrogens (tertiary/aromatic N) is 3. The minimum absolute atomic E-state index is 0.0116. The van der Waals surface area contributed by atoms with E-state index in [2.05, 4.69) is 21.9 Å². The fourth-order valence-corrected chi connectivity index (χ4v) is 1.19. The smallest absolute Gasteiger partial charge is 0.0880 e. The lowest BCUT2D eigenvalue weighted by Crippen LogP contribution is -1.91. The van der Waals surface area contributed by atoms with E-state index in [1.165, 1.54) is 0 Å². The largest absolute Gasteiger partial charge is 0.392 e. The number of hydrogen-bond donors (Lipinski definition) is 1. The maximum atomic E-state index is 9.04. The Morgan fingerprint density at radius 3 is 3.00 bits per heavy atom. The maximum absolute atomic E-state index is 9.04. The number of azide groups is 1. The minimum Gasteiger partial charge on any atom is -0.392 e. The average Bonchev–Trinajstić information content (AvgIpc) is 2.26. The molecule has 4 nitrogen and oxygen atoms in total. The molecular weight excluding hydrogens is 190 g/mol. The second-order valence-electron chi connectivity index (χ2n) is 2.94. The number of benzene rings is 1. The summed E-state index contributed by atoms with van der Waals surface area (Å²) >= 11 is 0. The molecule has 1 aromatic carbocycles. The molecule has 15 heavy (non-hydrogen) atoms. The van der Waals surface area contributed by atoms with Gasteiger partial charge in [-0.05, 0) is 29.6 Å². The Hall–Kier alpha value is -1.95. The molecule has 0 atom stereocenters. The van der Waals surface area contributed by atoms with Crippen LogP contribution < -0.4 is 0 Å². The highest BCUT2D eigenvalue weighted by molar-refractivity contribution is 5.44. The molecule has 0 heterocycles. The molecule has 1 rings (SSSR count). The summed E-state index contributed by atoms with van der Waals surface area (Å²) in [7, 11) is 0. The molecule has 1 aromatic rings. The van der Waals surface area contributed by atoms with E-state index in [0.29, 0.717) is 0 Å². The van der Waals surface area contributed by atoms with Gasteiger partial charge in [0.2, 0.25) is 0 Å². The van der Waals surface area contributed by atoms with Crippen molar-refractivity contribution < 1.29 is 5.11 Å². The van der Waals surface area contributed by atoms with Crippen LogP contribution in [0, 0.1) is 18.8 Å². The van der Waals surface area contributed by atoms with Crippen LogP contribution in [0.5, 0.6) is 0 Å². The van der Waals surface area contributed by atoms with Crippen LogP contribution in [0.1, 0.15) is 16.7 Å². The van der Waals surface area contributed by atoms with Gasteiger partial charge in [-0.25, -0.2) is 0 Å². The predicted octanol–water partition coefficient (Wildman–Crippen LogP) is 2.15. The molecule has 0 unspecified atom stereocenters. The Balaban J connectivity index is 2.93. The summed E-state index contributed by atoms with van der Waals surface area (Å²) < 4.78 is 0. The zero-order valence-corrected chi connectivity index (χ0v) is 8.44. The lowest BCUT2D eigenvalue weighted by Gasteiger charge is -2.03. The maximum Gasteiger partial charge on any atom is 0.0880 e. The van der Waals surface area contributed by atoms with Crippen molar-refractivity contribution in [1.82, 2.24) is 0 Å². The third kappa shape index (κ3) is 3.03. The summed E-state index contributed by atoms with van der Waals surface area (Å²) in [6.45, 7) is 2.08. The Labute approximate surface area is 88.2 Å². The highest BCUT2D eigenvalue weighted by Gasteiger charge is 1.99. The fraction of sp³-hybridized carbons (Fsp3) is 0.273. The van der Waals surface area contributed by atoms with Crippen LogP contribution in [-0.4, -0.2) is 11.7 Å². The first-order valence-corrected chi connectivity index (χ1v) is 4.48. The summed E-state index contributed by atoms with van der Waals surface area (Å²) in [5, 5.41) is 12.4. The monoisotopic (exact) mass is 201 g/mol. The Morgan fingerprint density at radius 1 is 1.53 bits per heavy atom. The van der Waals surface area contributed by atoms with Gasteiger partial charge in [-0.2, -0.15) is 0 Å². The molecule has 0 saturated carbocycles. The molecule has 0 aliphatic heterocycles. The van der Waals surface area contributed by atoms with Crippen LogP contribution in [-0.2, 0) is 6.61 Å². The van der Waals surface area contributed by atoms with Crippen molar-refractivity contribution in [3.05, 3.63) is 45.3 Å². The van der Waals surface area contributed by atoms with Crippen molar-refractivity contribution in [1.29, 1.82) is 0 Å². The second-order valence-corrected chi connectivity index (χ2v) is 2.94. The van der Waals surface area contributed by atoms with Gasteiger partial charge in [0.1, 0.15) is 0 Å². The number of hydrogen-bond acceptors (Lipinski definition) is 2. The molecular formula is C11H11N3O. The quantitative estimate of drug-likeness (QED) is 0.338. The summed E-state index contributed by atoms with van der Waals surface area (Å²) in [6, 6.07) is 5.57. The molecule has 0 aromatic heterocycles. The van der Waals surface area contributed by atoms with Gasteiger partial charge in [-0.1, -0.05) is 29.1 Å². The molecule has 0 spiro atoms. The van der Waals surface area contributed by atoms with Crippen molar-refractivity contribution in [2.45, 2.75) is 13.5 Å². The fourth-order valence-electron chi connectivity index (χ4n) is 1.19. The lowest BCUT2D eigenvalue weighted by atomic mass is 10.0. The molecule has 4 heteroatoms. The van der Waals surface area contributed by atoms with Crippen molar-refractivity contribution in [2.24, 2.45) is 5.11 Å². The van der Waals surface area contributed by atoms with Crippen molar-refractivity contribution in [3.8, 4) is 11.8 Å². The van der Waals surface area contributed by atoms with Crippen LogP contribution in [0.3, 0.4) is 0 Å². The molecule has 1 N–H and O–H groups in total. The molecule has 0 fully saturated rings. The van der Waals surface area contributed by atoms with Crippen LogP contribution in [0.25, 0.3) is 10.4 Å². The highest BCUT2D eigenvalue weighted by atomic mass is 16.3. The van der Waals surface area contributed by atoms with Crippen LogP contribution in [0.15, 0.2) is 23.3 Å². The third-order valence-corrected chi connectivity index (χ3v) is 2.05. The van der Waals surface area contributed by atoms with Gasteiger partial charge in [0.05, 0.1) is 13.2 Å². The van der Waals surface area contributed by atoms with Crippen LogP contribution in [0.4, 0.5) is 0 Å². The van der Waals surface area contributed by atoms with Crippen LogP contribution in [0.2, 0.25) is 0 Å². The van der Waals surface area contributed by atoms with Gasteiger partial charge >= 0.3 is 0 Å². The van der Waals surface area contributed by atoms with Crippen molar-refractivity contribution in [2.75, 3.05) is 6.54 Å². The SMILES string of the molecule is Cc1c(C#CCN=[N+]=[N-])cccc1CO. The summed E-state index contributed by atoms with van der Waals surface area (Å²) in [5.74, 6) is 5.64. The summed E-state index contributed by atoms with van der Waals surface area (Å²) in [6.07, 6.45) is 0. The van der Waals surface area contributed by atoms with Gasteiger partial charge in [-0.3, -0.25) is 0 Å². The number of rotatable bonds is 2. The standard InChI is InChI=1S/C11H11N3O/c1-9-10(6-3-7-13-14-12)4-2-5-11(9)8-15/h2,4-5,15H,7-8H2,1H3. The molecule has 0 aliphatic carbocycles. The Kier molecular flexibility index (Phi) is 4.24. The second kappa shape index (κ2) is 5.71. The van der Waals surface area contributed by atoms with E-state index >= 15 is 0 Å². The average molecular weight is 201 g/mol. The van der Waals surface area contributed by atoms with E-state index in [0.717, 1.165) is 16.7 Å². The molecule has 0 bridgehead atoms. The van der Waals surface area contributed by atoms with Crippen molar-refractivity contribution in [3.63, 3.8) is 0 Å². The van der Waals surface area contributed by atoms with E-state index in [9.17, 15) is 0 Å². The van der Waals surface area contributed by atoms with Gasteiger partial charge in [0.25, 0.3) is 0 Å². The molecule has 0 saturated heterocycles. The minimum atomic E-state index is 0.0116. The first-order chi connectivity index (χ1) is 7.29. The first kappa shape index (κ1) is 11.1. The molecule has 0 aliphatic rings. The van der Waals surface area contributed by atoms with Gasteiger partial charge in [0.15, 0.2) is 0 Å². The molecule has 0 radical (unpaired) electrons.